The number of carbonyl (C=O) groups excluding carboxylic acids is 1. The summed E-state index contributed by atoms with van der Waals surface area (Å²) in [5.74, 6) is 5.90. The van der Waals surface area contributed by atoms with Gasteiger partial charge in [0.15, 0.2) is 5.60 Å². The van der Waals surface area contributed by atoms with Crippen LogP contribution < -0.4 is 0 Å². The fraction of sp³-hybridized carbons (Fsp3) is 0.688. The molecule has 3 aliphatic carbocycles. The molecule has 2 saturated carbocycles. The first-order valence-electron chi connectivity index (χ1n) is 7.25. The van der Waals surface area contributed by atoms with Crippen LogP contribution in [0.3, 0.4) is 0 Å². The van der Waals surface area contributed by atoms with Gasteiger partial charge in [-0.05, 0) is 37.5 Å². The van der Waals surface area contributed by atoms with Gasteiger partial charge in [-0.2, -0.15) is 0 Å². The molecule has 4 atom stereocenters. The molecule has 4 heteroatoms. The summed E-state index contributed by atoms with van der Waals surface area (Å²) in [5, 5.41) is 20.3. The van der Waals surface area contributed by atoms with E-state index in [0.29, 0.717) is 31.1 Å². The molecule has 0 bridgehead atoms. The molecule has 2 N–H and O–H groups in total. The van der Waals surface area contributed by atoms with Gasteiger partial charge in [0.1, 0.15) is 0 Å². The molecule has 3 rings (SSSR count). The molecule has 0 heterocycles. The van der Waals surface area contributed by atoms with E-state index in [1.165, 1.54) is 12.7 Å². The molecule has 0 aromatic rings. The second-order valence-corrected chi connectivity index (χ2v) is 6.06. The van der Waals surface area contributed by atoms with Crippen molar-refractivity contribution in [3.63, 3.8) is 0 Å². The highest BCUT2D eigenvalue weighted by Crippen LogP contribution is 2.55. The van der Waals surface area contributed by atoms with Crippen molar-refractivity contribution < 1.29 is 19.7 Å². The van der Waals surface area contributed by atoms with Crippen LogP contribution >= 0.6 is 0 Å². The highest BCUT2D eigenvalue weighted by Gasteiger charge is 2.56. The van der Waals surface area contributed by atoms with Crippen molar-refractivity contribution in [2.24, 2.45) is 17.8 Å². The predicted molar refractivity (Wildman–Crippen MR) is 72.4 cm³/mol. The molecule has 2 fully saturated rings. The van der Waals surface area contributed by atoms with E-state index >= 15 is 0 Å². The number of hydrogen-bond donors (Lipinski definition) is 2. The third-order valence-electron chi connectivity index (χ3n) is 4.96. The Bertz CT molecular complexity index is 502. The summed E-state index contributed by atoms with van der Waals surface area (Å²) >= 11 is 0. The van der Waals surface area contributed by atoms with Crippen molar-refractivity contribution in [3.05, 3.63) is 11.6 Å². The van der Waals surface area contributed by atoms with Crippen LogP contribution in [0.25, 0.3) is 0 Å². The van der Waals surface area contributed by atoms with Crippen molar-refractivity contribution in [3.8, 4) is 11.8 Å². The summed E-state index contributed by atoms with van der Waals surface area (Å²) in [6, 6.07) is 0. The van der Waals surface area contributed by atoms with Crippen molar-refractivity contribution in [2.45, 2.75) is 43.8 Å². The van der Waals surface area contributed by atoms with Crippen molar-refractivity contribution >= 4 is 5.97 Å². The molecule has 4 nitrogen and oxygen atoms in total. The van der Waals surface area contributed by atoms with E-state index in [-0.39, 0.29) is 11.9 Å². The molecule has 0 spiro atoms. The van der Waals surface area contributed by atoms with Gasteiger partial charge in [-0.25, -0.2) is 0 Å². The second-order valence-electron chi connectivity index (χ2n) is 6.06. The van der Waals surface area contributed by atoms with Crippen LogP contribution in [0.5, 0.6) is 0 Å². The lowest BCUT2D eigenvalue weighted by Gasteiger charge is -2.51. The van der Waals surface area contributed by atoms with Gasteiger partial charge in [0.2, 0.25) is 0 Å². The predicted octanol–water partition coefficient (Wildman–Crippen LogP) is 1.02. The van der Waals surface area contributed by atoms with E-state index in [2.05, 4.69) is 22.7 Å². The average Bonchev–Trinajstić information content (AvgIpc) is 3.14. The van der Waals surface area contributed by atoms with E-state index < -0.39 is 11.7 Å². The molecule has 0 aliphatic heterocycles. The molecule has 0 unspecified atom stereocenters. The maximum absolute atomic E-state index is 11.1. The Hall–Kier alpha value is -1.31. The Morgan fingerprint density at radius 3 is 2.90 bits per heavy atom. The molecular weight excluding hydrogens is 256 g/mol. The number of methoxy groups -OCH3 is 1. The van der Waals surface area contributed by atoms with Crippen LogP contribution in [0.4, 0.5) is 0 Å². The number of allylic oxidation sites excluding steroid dienone is 2. The SMILES string of the molecule is COC(=O)CCC=C1C[C@H]2[C@@H](C3(O)C#C3)[C@@H](O)CC[C@@H]12. The van der Waals surface area contributed by atoms with Crippen molar-refractivity contribution in [1.29, 1.82) is 0 Å². The van der Waals surface area contributed by atoms with Gasteiger partial charge in [0, 0.05) is 12.3 Å². The number of hydrogen-bond acceptors (Lipinski definition) is 4. The van der Waals surface area contributed by atoms with Gasteiger partial charge in [0.05, 0.1) is 13.2 Å². The topological polar surface area (TPSA) is 66.8 Å². The summed E-state index contributed by atoms with van der Waals surface area (Å²) in [4.78, 5) is 11.1. The van der Waals surface area contributed by atoms with E-state index in [1.54, 1.807) is 0 Å². The largest absolute Gasteiger partial charge is 0.469 e. The molecule has 108 valence electrons. The number of aliphatic hydroxyl groups excluding tert-OH is 1. The highest BCUT2D eigenvalue weighted by atomic mass is 16.5. The molecule has 0 amide bonds. The maximum atomic E-state index is 11.1. The third-order valence-corrected chi connectivity index (χ3v) is 4.96. The number of fused-ring (bicyclic) bond motifs is 1. The monoisotopic (exact) mass is 276 g/mol. The minimum absolute atomic E-state index is 0.154. The van der Waals surface area contributed by atoms with Crippen molar-refractivity contribution in [2.75, 3.05) is 7.11 Å². The zero-order valence-corrected chi connectivity index (χ0v) is 11.6. The van der Waals surface area contributed by atoms with Gasteiger partial charge in [0.25, 0.3) is 0 Å². The molecule has 3 aliphatic rings. The first-order valence-corrected chi connectivity index (χ1v) is 7.25. The summed E-state index contributed by atoms with van der Waals surface area (Å²) in [5.41, 5.74) is 0.278. The minimum Gasteiger partial charge on any atom is -0.469 e. The van der Waals surface area contributed by atoms with Gasteiger partial charge in [-0.15, -0.1) is 0 Å². The smallest absolute Gasteiger partial charge is 0.305 e. The van der Waals surface area contributed by atoms with Crippen LogP contribution in [-0.4, -0.2) is 35.0 Å². The zero-order chi connectivity index (χ0) is 14.3. The van der Waals surface area contributed by atoms with Crippen LogP contribution in [0.15, 0.2) is 11.6 Å². The van der Waals surface area contributed by atoms with Gasteiger partial charge < -0.3 is 14.9 Å². The quantitative estimate of drug-likeness (QED) is 0.457. The number of aliphatic hydroxyl groups is 2. The maximum Gasteiger partial charge on any atom is 0.305 e. The van der Waals surface area contributed by atoms with Gasteiger partial charge >= 0.3 is 5.97 Å². The van der Waals surface area contributed by atoms with E-state index in [1.807, 2.05) is 0 Å². The van der Waals surface area contributed by atoms with Gasteiger partial charge in [-0.3, -0.25) is 4.79 Å². The fourth-order valence-corrected chi connectivity index (χ4v) is 3.80. The van der Waals surface area contributed by atoms with E-state index in [0.717, 1.165) is 12.8 Å². The van der Waals surface area contributed by atoms with Crippen molar-refractivity contribution in [1.82, 2.24) is 0 Å². The zero-order valence-electron chi connectivity index (χ0n) is 11.6. The lowest BCUT2D eigenvalue weighted by molar-refractivity contribution is -0.140. The van der Waals surface area contributed by atoms with E-state index in [4.69, 9.17) is 0 Å². The number of carbonyl (C=O) groups is 1. The Kier molecular flexibility index (Phi) is 3.35. The number of rotatable bonds is 4. The van der Waals surface area contributed by atoms with Crippen LogP contribution in [0, 0.1) is 29.6 Å². The minimum atomic E-state index is -1.08. The molecule has 0 aromatic heterocycles. The summed E-state index contributed by atoms with van der Waals surface area (Å²) in [6.07, 6.45) is 5.37. The second kappa shape index (κ2) is 4.91. The number of ether oxygens (including phenoxy) is 1. The van der Waals surface area contributed by atoms with Crippen LogP contribution in [-0.2, 0) is 9.53 Å². The lowest BCUT2D eigenvalue weighted by atomic mass is 9.54. The first-order chi connectivity index (χ1) is 9.55. The highest BCUT2D eigenvalue weighted by molar-refractivity contribution is 5.69. The normalized spacial score (nSPS) is 38.2. The van der Waals surface area contributed by atoms with E-state index in [9.17, 15) is 15.0 Å². The van der Waals surface area contributed by atoms with Crippen LogP contribution in [0.2, 0.25) is 0 Å². The molecule has 0 radical (unpaired) electrons. The van der Waals surface area contributed by atoms with Gasteiger partial charge in [-0.1, -0.05) is 23.5 Å². The summed E-state index contributed by atoms with van der Waals surface area (Å²) in [6.45, 7) is 0. The fourth-order valence-electron chi connectivity index (χ4n) is 3.80. The molecule has 20 heavy (non-hydrogen) atoms. The Morgan fingerprint density at radius 1 is 1.50 bits per heavy atom. The summed E-state index contributed by atoms with van der Waals surface area (Å²) < 4.78 is 4.62. The molecule has 0 aromatic carbocycles. The lowest BCUT2D eigenvalue weighted by Crippen LogP contribution is -2.52. The third kappa shape index (κ3) is 2.25. The standard InChI is InChI=1S/C16H20O4/c1-20-14(18)4-2-3-10-9-12-11(10)5-6-13(17)15(12)16(19)7-8-16/h3,11-13,15,17,19H,2,4-6,9H2,1H3/t11-,12+,13-,15+/m0/s1. The Morgan fingerprint density at radius 2 is 2.25 bits per heavy atom. The van der Waals surface area contributed by atoms with Crippen LogP contribution in [0.1, 0.15) is 32.1 Å². The Balaban J connectivity index is 1.59. The molecule has 0 saturated heterocycles. The first kappa shape index (κ1) is 13.7. The number of esters is 1. The summed E-state index contributed by atoms with van der Waals surface area (Å²) in [7, 11) is 1.40. The molecular formula is C16H20O4. The Labute approximate surface area is 118 Å². The average molecular weight is 276 g/mol.